The number of nitrogens with zero attached hydrogens (tertiary/aromatic N) is 3. The minimum atomic E-state index is -0.0475. The molecule has 7 nitrogen and oxygen atoms in total. The van der Waals surface area contributed by atoms with Gasteiger partial charge in [0.1, 0.15) is 6.54 Å². The summed E-state index contributed by atoms with van der Waals surface area (Å²) in [7, 11) is 0. The number of amides is 2. The topological polar surface area (TPSA) is 88.9 Å². The third kappa shape index (κ3) is 3.84. The number of aromatic nitrogens is 3. The maximum absolute atomic E-state index is 12.0. The maximum Gasteiger partial charge on any atom is 0.242 e. The van der Waals surface area contributed by atoms with E-state index in [1.807, 2.05) is 0 Å². The average molecular weight is 305 g/mol. The summed E-state index contributed by atoms with van der Waals surface area (Å²) in [6.07, 6.45) is 10.4. The molecule has 2 N–H and O–H groups in total. The van der Waals surface area contributed by atoms with Gasteiger partial charge in [0.05, 0.1) is 6.20 Å². The third-order valence-electron chi connectivity index (χ3n) is 4.54. The van der Waals surface area contributed by atoms with Gasteiger partial charge in [0.15, 0.2) is 5.82 Å². The van der Waals surface area contributed by atoms with E-state index in [1.54, 1.807) is 6.20 Å². The summed E-state index contributed by atoms with van der Waals surface area (Å²) >= 11 is 0. The molecule has 0 saturated heterocycles. The van der Waals surface area contributed by atoms with E-state index in [-0.39, 0.29) is 24.3 Å². The zero-order valence-electron chi connectivity index (χ0n) is 12.8. The van der Waals surface area contributed by atoms with Crippen LogP contribution in [0.15, 0.2) is 6.20 Å². The van der Waals surface area contributed by atoms with Crippen LogP contribution < -0.4 is 10.6 Å². The Hall–Kier alpha value is -1.92. The summed E-state index contributed by atoms with van der Waals surface area (Å²) in [4.78, 5) is 23.8. The van der Waals surface area contributed by atoms with Crippen LogP contribution in [0.2, 0.25) is 0 Å². The molecule has 1 aromatic rings. The fraction of sp³-hybridized carbons (Fsp3) is 0.733. The van der Waals surface area contributed by atoms with Crippen molar-refractivity contribution in [2.75, 3.05) is 5.32 Å². The zero-order chi connectivity index (χ0) is 15.4. The van der Waals surface area contributed by atoms with Gasteiger partial charge in [-0.15, -0.1) is 5.10 Å². The predicted octanol–water partition coefficient (Wildman–Crippen LogP) is 1.47. The summed E-state index contributed by atoms with van der Waals surface area (Å²) in [5.74, 6) is 0.487. The van der Waals surface area contributed by atoms with Crippen molar-refractivity contribution in [3.63, 3.8) is 0 Å². The summed E-state index contributed by atoms with van der Waals surface area (Å²) in [6, 6.07) is 0.294. The molecular formula is C15H23N5O2. The average Bonchev–Trinajstić information content (AvgIpc) is 2.84. The van der Waals surface area contributed by atoms with Gasteiger partial charge in [0, 0.05) is 12.0 Å². The zero-order valence-corrected chi connectivity index (χ0v) is 12.8. The highest BCUT2D eigenvalue weighted by Gasteiger charge is 2.25. The number of nitrogens with one attached hydrogen (secondary N) is 2. The van der Waals surface area contributed by atoms with Crippen molar-refractivity contribution in [2.45, 2.75) is 64.0 Å². The lowest BCUT2D eigenvalue weighted by Crippen LogP contribution is -2.38. The van der Waals surface area contributed by atoms with Crippen molar-refractivity contribution >= 4 is 17.6 Å². The fourth-order valence-corrected chi connectivity index (χ4v) is 3.00. The van der Waals surface area contributed by atoms with E-state index >= 15 is 0 Å². The third-order valence-corrected chi connectivity index (χ3v) is 4.54. The minimum Gasteiger partial charge on any atom is -0.352 e. The van der Waals surface area contributed by atoms with E-state index in [9.17, 15) is 9.59 Å². The molecule has 2 saturated carbocycles. The molecule has 2 aliphatic carbocycles. The molecule has 2 amide bonds. The normalized spacial score (nSPS) is 19.5. The SMILES string of the molecule is O=C(Cn1cc(NC(=O)C2CCC2)nn1)NC1CCCCC1. The van der Waals surface area contributed by atoms with Crippen molar-refractivity contribution < 1.29 is 9.59 Å². The molecule has 1 aromatic heterocycles. The van der Waals surface area contributed by atoms with Crippen LogP contribution in [0.5, 0.6) is 0 Å². The molecule has 22 heavy (non-hydrogen) atoms. The first-order valence-electron chi connectivity index (χ1n) is 8.21. The Kier molecular flexibility index (Phi) is 4.70. The second-order valence-electron chi connectivity index (χ2n) is 6.32. The molecule has 0 aromatic carbocycles. The molecule has 7 heteroatoms. The Morgan fingerprint density at radius 2 is 1.91 bits per heavy atom. The van der Waals surface area contributed by atoms with Crippen molar-refractivity contribution in [2.24, 2.45) is 5.92 Å². The van der Waals surface area contributed by atoms with E-state index in [0.29, 0.717) is 11.9 Å². The van der Waals surface area contributed by atoms with Gasteiger partial charge < -0.3 is 10.6 Å². The highest BCUT2D eigenvalue weighted by atomic mass is 16.2. The Labute approximate surface area is 129 Å². The fourth-order valence-electron chi connectivity index (χ4n) is 3.00. The van der Waals surface area contributed by atoms with Crippen LogP contribution >= 0.6 is 0 Å². The molecular weight excluding hydrogens is 282 g/mol. The van der Waals surface area contributed by atoms with Gasteiger partial charge in [-0.25, -0.2) is 4.68 Å². The second kappa shape index (κ2) is 6.89. The van der Waals surface area contributed by atoms with Gasteiger partial charge >= 0.3 is 0 Å². The maximum atomic E-state index is 12.0. The molecule has 0 bridgehead atoms. The second-order valence-corrected chi connectivity index (χ2v) is 6.32. The summed E-state index contributed by atoms with van der Waals surface area (Å²) < 4.78 is 1.47. The monoisotopic (exact) mass is 305 g/mol. The number of carbonyl (C=O) groups is 2. The molecule has 120 valence electrons. The largest absolute Gasteiger partial charge is 0.352 e. The summed E-state index contributed by atoms with van der Waals surface area (Å²) in [6.45, 7) is 0.142. The van der Waals surface area contributed by atoms with Gasteiger partial charge in [-0.1, -0.05) is 30.9 Å². The lowest BCUT2D eigenvalue weighted by atomic mass is 9.85. The molecule has 2 aliphatic rings. The van der Waals surface area contributed by atoms with Crippen LogP contribution in [0, 0.1) is 5.92 Å². The summed E-state index contributed by atoms with van der Waals surface area (Å²) in [5, 5.41) is 13.6. The van der Waals surface area contributed by atoms with E-state index in [2.05, 4.69) is 20.9 Å². The van der Waals surface area contributed by atoms with E-state index in [1.165, 1.54) is 23.9 Å². The first kappa shape index (κ1) is 15.0. The van der Waals surface area contributed by atoms with Gasteiger partial charge in [-0.3, -0.25) is 9.59 Å². The molecule has 1 heterocycles. The number of hydrogen-bond donors (Lipinski definition) is 2. The van der Waals surface area contributed by atoms with E-state index in [0.717, 1.165) is 32.1 Å². The highest BCUT2D eigenvalue weighted by molar-refractivity contribution is 5.92. The lowest BCUT2D eigenvalue weighted by Gasteiger charge is -2.23. The molecule has 3 rings (SSSR count). The molecule has 0 atom stereocenters. The Balaban J connectivity index is 1.46. The minimum absolute atomic E-state index is 0.00459. The number of anilines is 1. The van der Waals surface area contributed by atoms with Crippen molar-refractivity contribution in [1.82, 2.24) is 20.3 Å². The smallest absolute Gasteiger partial charge is 0.242 e. The van der Waals surface area contributed by atoms with Gasteiger partial charge in [0.2, 0.25) is 11.8 Å². The highest BCUT2D eigenvalue weighted by Crippen LogP contribution is 2.27. The van der Waals surface area contributed by atoms with Gasteiger partial charge in [-0.2, -0.15) is 0 Å². The predicted molar refractivity (Wildman–Crippen MR) is 81.0 cm³/mol. The van der Waals surface area contributed by atoms with Crippen LogP contribution in [-0.4, -0.2) is 32.9 Å². The number of hydrogen-bond acceptors (Lipinski definition) is 4. The van der Waals surface area contributed by atoms with Crippen LogP contribution in [0.4, 0.5) is 5.82 Å². The van der Waals surface area contributed by atoms with Crippen molar-refractivity contribution in [3.8, 4) is 0 Å². The Morgan fingerprint density at radius 1 is 1.14 bits per heavy atom. The van der Waals surface area contributed by atoms with Crippen molar-refractivity contribution in [1.29, 1.82) is 0 Å². The molecule has 0 aliphatic heterocycles. The molecule has 0 radical (unpaired) electrons. The first-order valence-corrected chi connectivity index (χ1v) is 8.21. The van der Waals surface area contributed by atoms with Crippen LogP contribution in [0.25, 0.3) is 0 Å². The lowest BCUT2D eigenvalue weighted by molar-refractivity contribution is -0.123. The molecule has 2 fully saturated rings. The molecule has 0 unspecified atom stereocenters. The van der Waals surface area contributed by atoms with Crippen molar-refractivity contribution in [3.05, 3.63) is 6.20 Å². The van der Waals surface area contributed by atoms with E-state index < -0.39 is 0 Å². The van der Waals surface area contributed by atoms with Crippen LogP contribution in [0.3, 0.4) is 0 Å². The van der Waals surface area contributed by atoms with Gasteiger partial charge in [0.25, 0.3) is 0 Å². The standard InChI is InChI=1S/C15H23N5O2/c21-14(16-12-7-2-1-3-8-12)10-20-9-13(18-19-20)17-15(22)11-5-4-6-11/h9,11-12H,1-8,10H2,(H,16,21)(H,17,22). The summed E-state index contributed by atoms with van der Waals surface area (Å²) in [5.41, 5.74) is 0. The molecule has 0 spiro atoms. The Morgan fingerprint density at radius 3 is 2.59 bits per heavy atom. The van der Waals surface area contributed by atoms with Crippen LogP contribution in [-0.2, 0) is 16.1 Å². The Bertz CT molecular complexity index is 532. The number of carbonyl (C=O) groups excluding carboxylic acids is 2. The first-order chi connectivity index (χ1) is 10.7. The van der Waals surface area contributed by atoms with Crippen LogP contribution in [0.1, 0.15) is 51.4 Å². The number of rotatable bonds is 5. The quantitative estimate of drug-likeness (QED) is 0.862. The van der Waals surface area contributed by atoms with Gasteiger partial charge in [-0.05, 0) is 25.7 Å². The van der Waals surface area contributed by atoms with E-state index in [4.69, 9.17) is 0 Å².